The van der Waals surface area contributed by atoms with Crippen molar-refractivity contribution in [2.24, 2.45) is 0 Å². The van der Waals surface area contributed by atoms with Gasteiger partial charge in [-0.15, -0.1) is 22.2 Å². The monoisotopic (exact) mass is 228 g/mol. The second kappa shape index (κ2) is 7.19. The van der Waals surface area contributed by atoms with Crippen LogP contribution in [0.25, 0.3) is 0 Å². The molecule has 0 N–H and O–H groups in total. The maximum absolute atomic E-state index is 5.95. The Labute approximate surface area is 85.8 Å². The molecular weight excluding hydrogens is 211 g/mol. The van der Waals surface area contributed by atoms with Crippen molar-refractivity contribution in [3.8, 4) is 0 Å². The van der Waals surface area contributed by atoms with Crippen molar-refractivity contribution < 1.29 is 4.74 Å². The molecule has 0 aromatic carbocycles. The van der Waals surface area contributed by atoms with Crippen molar-refractivity contribution in [3.63, 3.8) is 0 Å². The van der Waals surface area contributed by atoms with Crippen molar-refractivity contribution in [3.05, 3.63) is 0 Å². The van der Waals surface area contributed by atoms with E-state index < -0.39 is 6.69 Å². The zero-order valence-electron chi connectivity index (χ0n) is 7.91. The van der Waals surface area contributed by atoms with Gasteiger partial charge in [0.15, 0.2) is 0 Å². The van der Waals surface area contributed by atoms with Crippen LogP contribution in [0.5, 0.6) is 0 Å². The molecule has 0 bridgehead atoms. The summed E-state index contributed by atoms with van der Waals surface area (Å²) in [7, 11) is 0. The maximum Gasteiger partial charge on any atom is 0.248 e. The molecule has 0 fully saturated rings. The molecule has 0 unspecified atom stereocenters. The quantitative estimate of drug-likeness (QED) is 0.367. The first-order valence-corrected chi connectivity index (χ1v) is 9.25. The third kappa shape index (κ3) is 10.8. The Balaban J connectivity index is 3.01. The second-order valence-electron chi connectivity index (χ2n) is 3.08. The lowest BCUT2D eigenvalue weighted by molar-refractivity contribution is 0.143. The Morgan fingerprint density at radius 1 is 1.17 bits per heavy atom. The summed E-state index contributed by atoms with van der Waals surface area (Å²) in [5.41, 5.74) is 0. The van der Waals surface area contributed by atoms with E-state index in [0.29, 0.717) is 0 Å². The van der Waals surface area contributed by atoms with Crippen LogP contribution in [0.2, 0.25) is 12.6 Å². The van der Waals surface area contributed by atoms with Crippen LogP contribution >= 0.6 is 22.2 Å². The minimum absolute atomic E-state index is 0.817. The highest BCUT2D eigenvalue weighted by atomic mass is 35.7. The normalized spacial score (nSPS) is 12.0. The van der Waals surface area contributed by atoms with E-state index in [4.69, 9.17) is 26.9 Å². The van der Waals surface area contributed by atoms with Gasteiger partial charge < -0.3 is 4.74 Å². The summed E-state index contributed by atoms with van der Waals surface area (Å²) < 4.78 is 5.21. The van der Waals surface area contributed by atoms with Crippen LogP contribution in [0.1, 0.15) is 26.2 Å². The lowest BCUT2D eigenvalue weighted by Gasteiger charge is -2.08. The number of rotatable bonds is 7. The SMILES string of the molecule is CCOCCCCC[Si](C)(Cl)Cl. The first-order chi connectivity index (χ1) is 5.56. The Hall–Kier alpha value is 0.757. The van der Waals surface area contributed by atoms with E-state index in [1.165, 1.54) is 6.42 Å². The Morgan fingerprint density at radius 3 is 2.33 bits per heavy atom. The number of unbranched alkanes of at least 4 members (excludes halogenated alkanes) is 2. The van der Waals surface area contributed by atoms with Crippen LogP contribution in [0.15, 0.2) is 0 Å². The minimum atomic E-state index is -1.82. The van der Waals surface area contributed by atoms with Crippen molar-refractivity contribution in [2.45, 2.75) is 38.8 Å². The smallest absolute Gasteiger partial charge is 0.248 e. The molecule has 0 rings (SSSR count). The van der Waals surface area contributed by atoms with E-state index in [2.05, 4.69) is 0 Å². The molecule has 0 radical (unpaired) electrons. The molecule has 0 amide bonds. The highest BCUT2D eigenvalue weighted by Gasteiger charge is 2.19. The summed E-state index contributed by atoms with van der Waals surface area (Å²) >= 11 is 11.9. The van der Waals surface area contributed by atoms with Gasteiger partial charge in [0.25, 0.3) is 0 Å². The Kier molecular flexibility index (Phi) is 7.64. The van der Waals surface area contributed by atoms with Crippen LogP contribution in [0.3, 0.4) is 0 Å². The van der Waals surface area contributed by atoms with Crippen molar-refractivity contribution in [2.75, 3.05) is 13.2 Å². The fourth-order valence-corrected chi connectivity index (χ4v) is 2.63. The lowest BCUT2D eigenvalue weighted by atomic mass is 10.3. The summed E-state index contributed by atoms with van der Waals surface area (Å²) in [5, 5.41) is 0. The predicted octanol–water partition coefficient (Wildman–Crippen LogP) is 3.74. The van der Waals surface area contributed by atoms with Gasteiger partial charge in [-0.3, -0.25) is 0 Å². The minimum Gasteiger partial charge on any atom is -0.382 e. The van der Waals surface area contributed by atoms with Crippen LogP contribution in [0.4, 0.5) is 0 Å². The van der Waals surface area contributed by atoms with E-state index in [0.717, 1.165) is 32.1 Å². The maximum atomic E-state index is 5.95. The molecule has 0 aliphatic heterocycles. The molecule has 12 heavy (non-hydrogen) atoms. The predicted molar refractivity (Wildman–Crippen MR) is 58.5 cm³/mol. The van der Waals surface area contributed by atoms with Crippen LogP contribution in [0, 0.1) is 0 Å². The molecule has 74 valence electrons. The number of hydrogen-bond donors (Lipinski definition) is 0. The fraction of sp³-hybridized carbons (Fsp3) is 1.00. The summed E-state index contributed by atoms with van der Waals surface area (Å²) in [5.74, 6) is 0. The Bertz CT molecular complexity index is 104. The number of hydrogen-bond acceptors (Lipinski definition) is 1. The number of halogens is 2. The standard InChI is InChI=1S/C8H18Cl2OSi/c1-3-11-7-5-4-6-8-12(2,9)10/h3-8H2,1-2H3. The van der Waals surface area contributed by atoms with E-state index in [1.54, 1.807) is 0 Å². The zero-order valence-corrected chi connectivity index (χ0v) is 10.4. The van der Waals surface area contributed by atoms with E-state index >= 15 is 0 Å². The van der Waals surface area contributed by atoms with Gasteiger partial charge in [-0.05, 0) is 25.9 Å². The van der Waals surface area contributed by atoms with Crippen LogP contribution in [-0.4, -0.2) is 19.9 Å². The zero-order chi connectivity index (χ0) is 9.45. The van der Waals surface area contributed by atoms with Gasteiger partial charge in [-0.2, -0.15) is 0 Å². The van der Waals surface area contributed by atoms with Gasteiger partial charge in [0.2, 0.25) is 6.69 Å². The van der Waals surface area contributed by atoms with Gasteiger partial charge in [0.05, 0.1) is 0 Å². The molecule has 0 aliphatic rings. The Morgan fingerprint density at radius 2 is 1.83 bits per heavy atom. The van der Waals surface area contributed by atoms with Crippen molar-refractivity contribution in [1.29, 1.82) is 0 Å². The molecule has 1 nitrogen and oxygen atoms in total. The van der Waals surface area contributed by atoms with Gasteiger partial charge in [-0.25, -0.2) is 0 Å². The van der Waals surface area contributed by atoms with Crippen molar-refractivity contribution in [1.82, 2.24) is 0 Å². The van der Waals surface area contributed by atoms with Crippen LogP contribution in [-0.2, 0) is 4.74 Å². The molecule has 0 aromatic rings. The van der Waals surface area contributed by atoms with Gasteiger partial charge in [-0.1, -0.05) is 12.8 Å². The van der Waals surface area contributed by atoms with E-state index in [9.17, 15) is 0 Å². The largest absolute Gasteiger partial charge is 0.382 e. The number of ether oxygens (including phenoxy) is 1. The second-order valence-corrected chi connectivity index (χ2v) is 11.3. The first-order valence-electron chi connectivity index (χ1n) is 4.52. The summed E-state index contributed by atoms with van der Waals surface area (Å²) in [4.78, 5) is 0. The van der Waals surface area contributed by atoms with E-state index in [1.807, 2.05) is 13.5 Å². The molecule has 0 aliphatic carbocycles. The van der Waals surface area contributed by atoms with Crippen molar-refractivity contribution >= 4 is 28.9 Å². The molecule has 0 saturated carbocycles. The molecule has 0 spiro atoms. The summed E-state index contributed by atoms with van der Waals surface area (Å²) in [6.45, 7) is 3.86. The summed E-state index contributed by atoms with van der Waals surface area (Å²) in [6.07, 6.45) is 3.46. The third-order valence-electron chi connectivity index (χ3n) is 1.61. The average Bonchev–Trinajstić information content (AvgIpc) is 1.94. The highest BCUT2D eigenvalue weighted by Crippen LogP contribution is 2.22. The fourth-order valence-electron chi connectivity index (χ4n) is 0.961. The molecule has 0 aromatic heterocycles. The third-order valence-corrected chi connectivity index (χ3v) is 3.97. The molecule has 4 heteroatoms. The average molecular weight is 229 g/mol. The lowest BCUT2D eigenvalue weighted by Crippen LogP contribution is -2.11. The topological polar surface area (TPSA) is 9.23 Å². The van der Waals surface area contributed by atoms with E-state index in [-0.39, 0.29) is 0 Å². The molecule has 0 saturated heterocycles. The van der Waals surface area contributed by atoms with Crippen LogP contribution < -0.4 is 0 Å². The summed E-state index contributed by atoms with van der Waals surface area (Å²) in [6, 6.07) is 1.00. The van der Waals surface area contributed by atoms with Gasteiger partial charge in [0.1, 0.15) is 0 Å². The molecular formula is C8H18Cl2OSi. The first kappa shape index (κ1) is 12.8. The molecule has 0 heterocycles. The highest BCUT2D eigenvalue weighted by molar-refractivity contribution is 7.44. The van der Waals surface area contributed by atoms with Gasteiger partial charge >= 0.3 is 0 Å². The van der Waals surface area contributed by atoms with Gasteiger partial charge in [0, 0.05) is 13.2 Å². The molecule has 0 atom stereocenters.